The van der Waals surface area contributed by atoms with Gasteiger partial charge in [0, 0.05) is 11.4 Å². The minimum Gasteiger partial charge on any atom is -0.455 e. The number of hydrogen-bond acceptors (Lipinski definition) is 5. The van der Waals surface area contributed by atoms with Crippen LogP contribution in [0.2, 0.25) is 0 Å². The monoisotopic (exact) mass is 414 g/mol. The SMILES string of the molecule is Cc1ccc(NC(=O)CSCC(=O)OCC(=O)Nc2cc(C)ccc2C)c(C)c1. The van der Waals surface area contributed by atoms with Crippen molar-refractivity contribution in [2.45, 2.75) is 27.7 Å². The van der Waals surface area contributed by atoms with Gasteiger partial charge in [0.2, 0.25) is 5.91 Å². The largest absolute Gasteiger partial charge is 0.455 e. The number of anilines is 2. The molecule has 0 saturated carbocycles. The van der Waals surface area contributed by atoms with Crippen molar-refractivity contribution in [3.63, 3.8) is 0 Å². The Morgan fingerprint density at radius 1 is 0.793 bits per heavy atom. The normalized spacial score (nSPS) is 10.3. The van der Waals surface area contributed by atoms with Crippen LogP contribution >= 0.6 is 11.8 Å². The van der Waals surface area contributed by atoms with E-state index in [0.717, 1.165) is 39.7 Å². The third kappa shape index (κ3) is 7.62. The predicted octanol–water partition coefficient (Wildman–Crippen LogP) is 3.77. The second-order valence-corrected chi connectivity index (χ2v) is 7.87. The lowest BCUT2D eigenvalue weighted by molar-refractivity contribution is -0.144. The van der Waals surface area contributed by atoms with Gasteiger partial charge in [0.05, 0.1) is 11.5 Å². The van der Waals surface area contributed by atoms with Crippen LogP contribution in [-0.2, 0) is 19.1 Å². The van der Waals surface area contributed by atoms with Gasteiger partial charge in [-0.3, -0.25) is 14.4 Å². The quantitative estimate of drug-likeness (QED) is 0.642. The number of nitrogens with one attached hydrogen (secondary N) is 2. The molecule has 0 unspecified atom stereocenters. The predicted molar refractivity (Wildman–Crippen MR) is 117 cm³/mol. The van der Waals surface area contributed by atoms with Gasteiger partial charge in [-0.1, -0.05) is 29.8 Å². The van der Waals surface area contributed by atoms with Gasteiger partial charge in [-0.15, -0.1) is 11.8 Å². The Hall–Kier alpha value is -2.80. The summed E-state index contributed by atoms with van der Waals surface area (Å²) in [6, 6.07) is 11.5. The zero-order chi connectivity index (χ0) is 21.4. The first-order valence-electron chi connectivity index (χ1n) is 9.22. The number of amides is 2. The summed E-state index contributed by atoms with van der Waals surface area (Å²) < 4.78 is 4.97. The molecule has 2 rings (SSSR count). The number of hydrogen-bond donors (Lipinski definition) is 2. The molecule has 7 heteroatoms. The maximum atomic E-state index is 12.0. The van der Waals surface area contributed by atoms with Gasteiger partial charge in [-0.2, -0.15) is 0 Å². The fraction of sp³-hybridized carbons (Fsp3) is 0.318. The van der Waals surface area contributed by atoms with E-state index in [9.17, 15) is 14.4 Å². The van der Waals surface area contributed by atoms with E-state index in [-0.39, 0.29) is 24.0 Å². The van der Waals surface area contributed by atoms with Crippen LogP contribution in [0.5, 0.6) is 0 Å². The van der Waals surface area contributed by atoms with Crippen LogP contribution in [-0.4, -0.2) is 35.9 Å². The average molecular weight is 415 g/mol. The Balaban J connectivity index is 1.68. The highest BCUT2D eigenvalue weighted by molar-refractivity contribution is 8.00. The molecule has 0 spiro atoms. The maximum Gasteiger partial charge on any atom is 0.316 e. The lowest BCUT2D eigenvalue weighted by Crippen LogP contribution is -2.22. The first-order chi connectivity index (χ1) is 13.7. The average Bonchev–Trinajstić information content (AvgIpc) is 2.65. The summed E-state index contributed by atoms with van der Waals surface area (Å²) in [5.74, 6) is -1.01. The second kappa shape index (κ2) is 10.7. The van der Waals surface area contributed by atoms with E-state index in [1.165, 1.54) is 0 Å². The number of esters is 1. The van der Waals surface area contributed by atoms with Crippen molar-refractivity contribution in [3.8, 4) is 0 Å². The Morgan fingerprint density at radius 3 is 2.17 bits per heavy atom. The third-order valence-electron chi connectivity index (χ3n) is 4.14. The van der Waals surface area contributed by atoms with Crippen LogP contribution in [0, 0.1) is 27.7 Å². The third-order valence-corrected chi connectivity index (χ3v) is 5.05. The fourth-order valence-corrected chi connectivity index (χ4v) is 3.22. The van der Waals surface area contributed by atoms with E-state index in [2.05, 4.69) is 10.6 Å². The van der Waals surface area contributed by atoms with Crippen LogP contribution in [0.1, 0.15) is 22.3 Å². The number of benzene rings is 2. The molecule has 0 aliphatic rings. The molecule has 0 aliphatic carbocycles. The molecule has 0 heterocycles. The van der Waals surface area contributed by atoms with E-state index in [0.29, 0.717) is 5.69 Å². The number of carbonyl (C=O) groups excluding carboxylic acids is 3. The number of ether oxygens (including phenoxy) is 1. The highest BCUT2D eigenvalue weighted by Gasteiger charge is 2.11. The smallest absolute Gasteiger partial charge is 0.316 e. The van der Waals surface area contributed by atoms with Crippen molar-refractivity contribution < 1.29 is 19.1 Å². The van der Waals surface area contributed by atoms with Gasteiger partial charge in [0.15, 0.2) is 6.61 Å². The molecule has 0 aromatic heterocycles. The summed E-state index contributed by atoms with van der Waals surface area (Å²) in [7, 11) is 0. The molecule has 0 fully saturated rings. The van der Waals surface area contributed by atoms with Crippen LogP contribution in [0.4, 0.5) is 11.4 Å². The van der Waals surface area contributed by atoms with Gasteiger partial charge in [-0.05, 0) is 56.5 Å². The summed E-state index contributed by atoms with van der Waals surface area (Å²) in [6.07, 6.45) is 0. The molecule has 2 N–H and O–H groups in total. The van der Waals surface area contributed by atoms with Crippen LogP contribution < -0.4 is 10.6 Å². The molecular weight excluding hydrogens is 388 g/mol. The van der Waals surface area contributed by atoms with Gasteiger partial charge in [-0.25, -0.2) is 0 Å². The van der Waals surface area contributed by atoms with Crippen molar-refractivity contribution >= 4 is 40.9 Å². The number of thioether (sulfide) groups is 1. The van der Waals surface area contributed by atoms with Gasteiger partial charge in [0.25, 0.3) is 5.91 Å². The topological polar surface area (TPSA) is 84.5 Å². The lowest BCUT2D eigenvalue weighted by atomic mass is 10.1. The maximum absolute atomic E-state index is 12.0. The zero-order valence-corrected chi connectivity index (χ0v) is 17.9. The lowest BCUT2D eigenvalue weighted by Gasteiger charge is -2.10. The highest BCUT2D eigenvalue weighted by Crippen LogP contribution is 2.17. The molecule has 0 saturated heterocycles. The van der Waals surface area contributed by atoms with E-state index in [4.69, 9.17) is 4.74 Å². The molecular formula is C22H26N2O4S. The molecule has 2 amide bonds. The Labute approximate surface area is 175 Å². The van der Waals surface area contributed by atoms with Crippen molar-refractivity contribution in [1.29, 1.82) is 0 Å². The van der Waals surface area contributed by atoms with Crippen molar-refractivity contribution in [2.24, 2.45) is 0 Å². The first kappa shape index (κ1) is 22.5. The Bertz CT molecular complexity index is 912. The molecule has 154 valence electrons. The van der Waals surface area contributed by atoms with Crippen molar-refractivity contribution in [1.82, 2.24) is 0 Å². The van der Waals surface area contributed by atoms with E-state index >= 15 is 0 Å². The molecule has 0 atom stereocenters. The summed E-state index contributed by atoms with van der Waals surface area (Å²) >= 11 is 1.14. The van der Waals surface area contributed by atoms with Gasteiger partial charge < -0.3 is 15.4 Å². The van der Waals surface area contributed by atoms with Crippen LogP contribution in [0.3, 0.4) is 0 Å². The van der Waals surface area contributed by atoms with Crippen molar-refractivity contribution in [3.05, 3.63) is 58.7 Å². The molecule has 6 nitrogen and oxygen atoms in total. The highest BCUT2D eigenvalue weighted by atomic mass is 32.2. The van der Waals surface area contributed by atoms with Crippen molar-refractivity contribution in [2.75, 3.05) is 28.7 Å². The summed E-state index contributed by atoms with van der Waals surface area (Å²) in [4.78, 5) is 35.8. The molecule has 0 aliphatic heterocycles. The van der Waals surface area contributed by atoms with E-state index < -0.39 is 11.9 Å². The Morgan fingerprint density at radius 2 is 1.45 bits per heavy atom. The number of aryl methyl sites for hydroxylation is 4. The van der Waals surface area contributed by atoms with Crippen LogP contribution in [0.15, 0.2) is 36.4 Å². The minimum atomic E-state index is -0.537. The first-order valence-corrected chi connectivity index (χ1v) is 10.4. The molecule has 2 aromatic rings. The minimum absolute atomic E-state index is 0.00292. The van der Waals surface area contributed by atoms with Gasteiger partial charge in [0.1, 0.15) is 0 Å². The fourth-order valence-electron chi connectivity index (χ4n) is 2.61. The number of carbonyl (C=O) groups is 3. The molecule has 0 radical (unpaired) electrons. The summed E-state index contributed by atoms with van der Waals surface area (Å²) in [5.41, 5.74) is 5.52. The van der Waals surface area contributed by atoms with E-state index in [1.54, 1.807) is 0 Å². The molecule has 0 bridgehead atoms. The van der Waals surface area contributed by atoms with E-state index in [1.807, 2.05) is 64.1 Å². The Kier molecular flexibility index (Phi) is 8.27. The molecule has 2 aromatic carbocycles. The number of rotatable bonds is 8. The molecule has 29 heavy (non-hydrogen) atoms. The second-order valence-electron chi connectivity index (χ2n) is 6.89. The van der Waals surface area contributed by atoms with Crippen LogP contribution in [0.25, 0.3) is 0 Å². The zero-order valence-electron chi connectivity index (χ0n) is 17.1. The van der Waals surface area contributed by atoms with Gasteiger partial charge >= 0.3 is 5.97 Å². The standard InChI is InChI=1S/C22H26N2O4S/c1-14-6-8-18(17(4)9-14)23-21(26)12-29-13-22(27)28-11-20(25)24-19-10-15(2)5-7-16(19)3/h5-10H,11-13H2,1-4H3,(H,23,26)(H,24,25). The summed E-state index contributed by atoms with van der Waals surface area (Å²) in [6.45, 7) is 7.38. The summed E-state index contributed by atoms with van der Waals surface area (Å²) in [5, 5.41) is 5.55.